The average molecular weight is 330 g/mol. The van der Waals surface area contributed by atoms with Crippen molar-refractivity contribution in [2.75, 3.05) is 11.9 Å². The number of thiophene rings is 1. The normalized spacial score (nSPS) is 10.7. The number of nitrogens with one attached hydrogen (secondary N) is 1. The molecule has 3 aromatic rings. The molecule has 0 aliphatic rings. The van der Waals surface area contributed by atoms with E-state index in [9.17, 15) is 9.59 Å². The fourth-order valence-corrected chi connectivity index (χ4v) is 2.97. The maximum absolute atomic E-state index is 12.3. The Morgan fingerprint density at radius 3 is 2.91 bits per heavy atom. The molecule has 2 aromatic heterocycles. The van der Waals surface area contributed by atoms with E-state index in [1.807, 2.05) is 19.1 Å². The lowest BCUT2D eigenvalue weighted by Gasteiger charge is -2.03. The molecular formula is C16H14N2O4S. The maximum atomic E-state index is 12.3. The SMILES string of the molecule is CCOc1cccc2cc(C(=O)Nc3sccc3C(N)=O)oc12. The van der Waals surface area contributed by atoms with Crippen molar-refractivity contribution in [2.45, 2.75) is 6.92 Å². The van der Waals surface area contributed by atoms with E-state index in [0.717, 1.165) is 5.39 Å². The fraction of sp³-hybridized carbons (Fsp3) is 0.125. The van der Waals surface area contributed by atoms with Crippen molar-refractivity contribution in [2.24, 2.45) is 5.73 Å². The fourth-order valence-electron chi connectivity index (χ4n) is 2.18. The molecule has 118 valence electrons. The molecule has 7 heteroatoms. The van der Waals surface area contributed by atoms with E-state index in [1.54, 1.807) is 23.6 Å². The van der Waals surface area contributed by atoms with Gasteiger partial charge in [-0.25, -0.2) is 0 Å². The number of rotatable bonds is 5. The largest absolute Gasteiger partial charge is 0.490 e. The average Bonchev–Trinajstić information content (AvgIpc) is 3.14. The summed E-state index contributed by atoms with van der Waals surface area (Å²) in [5, 5.41) is 5.49. The Morgan fingerprint density at radius 2 is 2.17 bits per heavy atom. The van der Waals surface area contributed by atoms with Gasteiger partial charge in [-0.2, -0.15) is 0 Å². The molecule has 0 saturated carbocycles. The van der Waals surface area contributed by atoms with Crippen LogP contribution in [-0.2, 0) is 0 Å². The van der Waals surface area contributed by atoms with E-state index in [0.29, 0.717) is 22.9 Å². The smallest absolute Gasteiger partial charge is 0.292 e. The molecule has 0 atom stereocenters. The summed E-state index contributed by atoms with van der Waals surface area (Å²) < 4.78 is 11.1. The van der Waals surface area contributed by atoms with Gasteiger partial charge < -0.3 is 20.2 Å². The first-order valence-electron chi connectivity index (χ1n) is 6.94. The van der Waals surface area contributed by atoms with Gasteiger partial charge in [0.1, 0.15) is 5.00 Å². The summed E-state index contributed by atoms with van der Waals surface area (Å²) in [6, 6.07) is 8.63. The number of fused-ring (bicyclic) bond motifs is 1. The zero-order valence-electron chi connectivity index (χ0n) is 12.3. The van der Waals surface area contributed by atoms with E-state index in [2.05, 4.69) is 5.32 Å². The number of para-hydroxylation sites is 1. The van der Waals surface area contributed by atoms with Crippen LogP contribution in [0.25, 0.3) is 11.0 Å². The summed E-state index contributed by atoms with van der Waals surface area (Å²) in [5.41, 5.74) is 6.05. The first-order chi connectivity index (χ1) is 11.1. The van der Waals surface area contributed by atoms with Crippen LogP contribution in [0.15, 0.2) is 40.1 Å². The van der Waals surface area contributed by atoms with Gasteiger partial charge in [0.2, 0.25) is 0 Å². The second kappa shape index (κ2) is 6.13. The first kappa shape index (κ1) is 15.1. The summed E-state index contributed by atoms with van der Waals surface area (Å²) >= 11 is 1.22. The Morgan fingerprint density at radius 1 is 1.35 bits per heavy atom. The minimum atomic E-state index is -0.593. The molecule has 3 N–H and O–H groups in total. The summed E-state index contributed by atoms with van der Waals surface area (Å²) in [4.78, 5) is 23.6. The number of nitrogens with two attached hydrogens (primary N) is 1. The molecule has 2 heterocycles. The van der Waals surface area contributed by atoms with Crippen LogP contribution in [-0.4, -0.2) is 18.4 Å². The Labute approximate surface area is 135 Å². The Hall–Kier alpha value is -2.80. The molecule has 0 spiro atoms. The summed E-state index contributed by atoms with van der Waals surface area (Å²) in [6.45, 7) is 2.37. The summed E-state index contributed by atoms with van der Waals surface area (Å²) in [6.07, 6.45) is 0. The zero-order valence-corrected chi connectivity index (χ0v) is 13.1. The van der Waals surface area contributed by atoms with Crippen LogP contribution in [0.2, 0.25) is 0 Å². The van der Waals surface area contributed by atoms with Crippen LogP contribution in [0.4, 0.5) is 5.00 Å². The van der Waals surface area contributed by atoms with Crippen LogP contribution >= 0.6 is 11.3 Å². The molecule has 6 nitrogen and oxygen atoms in total. The minimum absolute atomic E-state index is 0.135. The topological polar surface area (TPSA) is 94.6 Å². The highest BCUT2D eigenvalue weighted by molar-refractivity contribution is 7.14. The highest BCUT2D eigenvalue weighted by Gasteiger charge is 2.18. The van der Waals surface area contributed by atoms with E-state index in [4.69, 9.17) is 14.9 Å². The molecule has 0 fully saturated rings. The second-order valence-corrected chi connectivity index (χ2v) is 5.62. The van der Waals surface area contributed by atoms with E-state index >= 15 is 0 Å². The van der Waals surface area contributed by atoms with Gasteiger partial charge in [-0.1, -0.05) is 12.1 Å². The van der Waals surface area contributed by atoms with Crippen molar-refractivity contribution in [3.05, 3.63) is 47.0 Å². The Kier molecular flexibility index (Phi) is 4.03. The summed E-state index contributed by atoms with van der Waals surface area (Å²) in [5.74, 6) is -0.327. The molecule has 0 aliphatic heterocycles. The highest BCUT2D eigenvalue weighted by Crippen LogP contribution is 2.30. The lowest BCUT2D eigenvalue weighted by Crippen LogP contribution is -2.16. The molecule has 3 rings (SSSR count). The van der Waals surface area contributed by atoms with Crippen LogP contribution in [0.5, 0.6) is 5.75 Å². The molecule has 0 aliphatic carbocycles. The zero-order chi connectivity index (χ0) is 16.4. The third kappa shape index (κ3) is 2.91. The lowest BCUT2D eigenvalue weighted by atomic mass is 10.2. The number of carbonyl (C=O) groups is 2. The van der Waals surface area contributed by atoms with Gasteiger partial charge in [-0.15, -0.1) is 11.3 Å². The number of benzene rings is 1. The van der Waals surface area contributed by atoms with Crippen molar-refractivity contribution in [1.29, 1.82) is 0 Å². The van der Waals surface area contributed by atoms with Crippen molar-refractivity contribution in [3.63, 3.8) is 0 Å². The van der Waals surface area contributed by atoms with Gasteiger partial charge >= 0.3 is 0 Å². The van der Waals surface area contributed by atoms with Crippen LogP contribution in [0, 0.1) is 0 Å². The number of hydrogen-bond acceptors (Lipinski definition) is 5. The molecular weight excluding hydrogens is 316 g/mol. The van der Waals surface area contributed by atoms with Crippen molar-refractivity contribution in [3.8, 4) is 5.75 Å². The van der Waals surface area contributed by atoms with Crippen molar-refractivity contribution < 1.29 is 18.7 Å². The van der Waals surface area contributed by atoms with Crippen LogP contribution in [0.1, 0.15) is 27.8 Å². The molecule has 0 saturated heterocycles. The molecule has 0 radical (unpaired) electrons. The predicted octanol–water partition coefficient (Wildman–Crippen LogP) is 3.24. The minimum Gasteiger partial charge on any atom is -0.490 e. The van der Waals surface area contributed by atoms with Gasteiger partial charge in [-0.3, -0.25) is 9.59 Å². The van der Waals surface area contributed by atoms with E-state index < -0.39 is 11.8 Å². The number of primary amides is 1. The van der Waals surface area contributed by atoms with E-state index in [-0.39, 0.29) is 11.3 Å². The third-order valence-corrected chi connectivity index (χ3v) is 4.02. The maximum Gasteiger partial charge on any atom is 0.292 e. The lowest BCUT2D eigenvalue weighted by molar-refractivity contribution is 0.0999. The highest BCUT2D eigenvalue weighted by atomic mass is 32.1. The van der Waals surface area contributed by atoms with Crippen molar-refractivity contribution in [1.82, 2.24) is 0 Å². The molecule has 23 heavy (non-hydrogen) atoms. The molecule has 0 unspecified atom stereocenters. The second-order valence-electron chi connectivity index (χ2n) is 4.70. The quantitative estimate of drug-likeness (QED) is 0.751. The first-order valence-corrected chi connectivity index (χ1v) is 7.82. The number of furan rings is 1. The van der Waals surface area contributed by atoms with E-state index in [1.165, 1.54) is 11.3 Å². The number of ether oxygens (including phenoxy) is 1. The number of anilines is 1. The number of carbonyl (C=O) groups excluding carboxylic acids is 2. The number of amides is 2. The molecule has 2 amide bonds. The molecule has 1 aromatic carbocycles. The standard InChI is InChI=1S/C16H14N2O4S/c1-2-21-11-5-3-4-9-8-12(22-13(9)11)15(20)18-16-10(14(17)19)6-7-23-16/h3-8H,2H2,1H3,(H2,17,19)(H,18,20). The van der Waals surface area contributed by atoms with Gasteiger partial charge in [0.05, 0.1) is 12.2 Å². The molecule has 0 bridgehead atoms. The third-order valence-electron chi connectivity index (χ3n) is 3.19. The van der Waals surface area contributed by atoms with Gasteiger partial charge in [-0.05, 0) is 30.5 Å². The van der Waals surface area contributed by atoms with Crippen LogP contribution < -0.4 is 15.8 Å². The van der Waals surface area contributed by atoms with Gasteiger partial charge in [0.15, 0.2) is 17.1 Å². The van der Waals surface area contributed by atoms with Gasteiger partial charge in [0.25, 0.3) is 11.8 Å². The summed E-state index contributed by atoms with van der Waals surface area (Å²) in [7, 11) is 0. The monoisotopic (exact) mass is 330 g/mol. The predicted molar refractivity (Wildman–Crippen MR) is 88.2 cm³/mol. The van der Waals surface area contributed by atoms with Crippen LogP contribution in [0.3, 0.4) is 0 Å². The van der Waals surface area contributed by atoms with Gasteiger partial charge in [0, 0.05) is 5.39 Å². The Balaban J connectivity index is 1.90. The Bertz CT molecular complexity index is 881. The van der Waals surface area contributed by atoms with Crippen molar-refractivity contribution >= 4 is 39.1 Å². The number of hydrogen-bond donors (Lipinski definition) is 2.